The minimum Gasteiger partial charge on any atom is -1.00 e. The number of nitrogens with one attached hydrogen (secondary N) is 4. The number of carbonyl (C=O) groups excluding carboxylic acids is 3. The Morgan fingerprint density at radius 3 is 1.17 bits per heavy atom. The number of amides is 3. The molecule has 25 nitrogen and oxygen atoms in total. The fourth-order valence-electron chi connectivity index (χ4n) is 14.2. The van der Waals surface area contributed by atoms with Gasteiger partial charge in [-0.2, -0.15) is 15.3 Å². The van der Waals surface area contributed by atoms with E-state index in [2.05, 4.69) is 114 Å². The SMILES string of the molecule is Cc1cc(C(=O)Nc2cccc(C(c3ccccc3)N3CCC(O)C3)c2)n(-c2cccc(CN)c2)n1.NCCCCCN.O=S(Cl)Cl.OC1CCNC1.[B].[C-]#[N+]c1cccc(-n2nc(C)cc2C(=O)Nc2cccc(C(O)c3ccccc3)c2)c1.[C-]#[N+]c1cccc(-n2nc(C)cc2C(=O)Nc2cccc(C(c3ccccc3)N3CCC(O)C3)c2)c1.[H-].[Na+]. The van der Waals surface area contributed by atoms with Crippen molar-refractivity contribution in [3.05, 3.63) is 351 Å². The molecule has 3 fully saturated rings. The van der Waals surface area contributed by atoms with Gasteiger partial charge in [-0.25, -0.2) is 27.9 Å². The number of aliphatic hydroxyl groups is 4. The third-order valence-electron chi connectivity index (χ3n) is 19.8. The number of β-amino-alcohol motifs (C(OH)–C–C–N with tert-alkyl or cyclic N) is 3. The Morgan fingerprint density at radius 2 is 0.836 bits per heavy atom. The summed E-state index contributed by atoms with van der Waals surface area (Å²) in [4.78, 5) is 51.3. The number of anilines is 3. The molecule has 3 aliphatic heterocycles. The summed E-state index contributed by atoms with van der Waals surface area (Å²) in [5.41, 5.74) is 31.4. The van der Waals surface area contributed by atoms with Crippen molar-refractivity contribution in [1.82, 2.24) is 44.5 Å². The Kier molecular flexibility index (Phi) is 39.3. The molecule has 3 aliphatic rings. The molecule has 3 aromatic heterocycles. The third-order valence-corrected chi connectivity index (χ3v) is 19.8. The molecule has 122 heavy (non-hydrogen) atoms. The number of unbranched alkanes of at least 4 members (excludes halogenated alkanes) is 2. The second-order valence-electron chi connectivity index (χ2n) is 28.9. The van der Waals surface area contributed by atoms with E-state index in [1.165, 1.54) is 11.1 Å². The number of rotatable bonds is 22. The van der Waals surface area contributed by atoms with E-state index >= 15 is 0 Å². The predicted octanol–water partition coefficient (Wildman–Crippen LogP) is 11.4. The number of hydrogen-bond donors (Lipinski definition) is 11. The topological polar surface area (TPSA) is 344 Å². The predicted molar refractivity (Wildman–Crippen MR) is 482 cm³/mol. The van der Waals surface area contributed by atoms with Crippen LogP contribution in [0.5, 0.6) is 0 Å². The molecule has 0 bridgehead atoms. The third kappa shape index (κ3) is 28.5. The maximum atomic E-state index is 13.4. The van der Waals surface area contributed by atoms with Gasteiger partial charge in [0.1, 0.15) is 23.2 Å². The molecule has 14 N–H and O–H groups in total. The Morgan fingerprint density at radius 1 is 0.484 bits per heavy atom. The first-order valence-corrected chi connectivity index (χ1v) is 42.3. The second kappa shape index (κ2) is 49.5. The fraction of sp³-hybridized carbons (Fsp3) is 0.261. The number of hydrogen-bond acceptors (Lipinski definition) is 17. The molecule has 9 aromatic carbocycles. The van der Waals surface area contributed by atoms with Crippen LogP contribution in [-0.4, -0.2) is 161 Å². The monoisotopic (exact) mass is 1710 g/mol. The van der Waals surface area contributed by atoms with E-state index in [1.807, 2.05) is 160 Å². The molecule has 15 rings (SSSR count). The van der Waals surface area contributed by atoms with E-state index in [4.69, 9.17) is 39.7 Å². The van der Waals surface area contributed by atoms with Crippen LogP contribution in [-0.2, 0) is 15.8 Å². The number of nitrogens with zero attached hydrogens (tertiary/aromatic N) is 10. The molecule has 627 valence electrons. The van der Waals surface area contributed by atoms with Crippen LogP contribution in [0, 0.1) is 33.9 Å². The molecular weight excluding hydrogens is 1610 g/mol. The summed E-state index contributed by atoms with van der Waals surface area (Å²) in [7, 11) is 7.36. The van der Waals surface area contributed by atoms with Gasteiger partial charge in [0.15, 0.2) is 11.4 Å². The largest absolute Gasteiger partial charge is 1.00 e. The smallest absolute Gasteiger partial charge is 1.00 e. The zero-order valence-electron chi connectivity index (χ0n) is 69.7. The standard InChI is InChI=1S/C29H27N5O2.C29H31N5O2.C25H20N4O2.C5H14N2.C4H9NO.B.Cl2OS.Na.H/c1-20-16-27(34(32-20)25-13-7-11-23(18-25)30-2)29(36)31-24-12-6-10-22(17-24)28(21-8-4-3-5-9-21)33-15-14-26(35)19-33;1-20-15-27(34(32-20)25-12-5-7-21(16-25)18-30)29(36)31-24-11-6-10-23(17-24)28(22-8-3-2-4-9-22)33-14-13-26(35)19-33;1-17-14-23(29(28-17)22-13-7-11-20(16-22)26-2)25(31)27-21-12-6-10-19(15-21)24(30)18-8-4-3-5-9-18;6-4-2-1-3-5-7;6-4-1-2-5-3-4;;1-4(2)3;;/h3-13,16-18,26,28,35H,14-15,19H2,1H3,(H,31,36);2-12,15-17,26,28,35H,13-14,18-19,30H2,1H3,(H,31,36);3-16,24,30H,1H3,(H,27,31);1-7H2;4-6H,1-3H2;;;;/q;;;;;;;+1;-1. The molecule has 0 spiro atoms. The minimum atomic E-state index is -1.67. The van der Waals surface area contributed by atoms with Crippen molar-refractivity contribution < 1.29 is 70.0 Å². The fourth-order valence-corrected chi connectivity index (χ4v) is 14.2. The first-order chi connectivity index (χ1) is 58.1. The van der Waals surface area contributed by atoms with Crippen LogP contribution in [0.2, 0.25) is 0 Å². The molecule has 3 amide bonds. The van der Waals surface area contributed by atoms with E-state index in [0.29, 0.717) is 93.5 Å². The molecule has 0 aliphatic carbocycles. The number of nitrogens with two attached hydrogens (primary N) is 3. The average Bonchev–Trinajstić information content (AvgIpc) is 1.72. The summed E-state index contributed by atoms with van der Waals surface area (Å²) in [6, 6.07) is 79.7. The Balaban J connectivity index is 0.000000229. The van der Waals surface area contributed by atoms with Crippen molar-refractivity contribution in [3.63, 3.8) is 0 Å². The van der Waals surface area contributed by atoms with E-state index in [1.54, 1.807) is 88.2 Å². The van der Waals surface area contributed by atoms with Crippen molar-refractivity contribution in [2.75, 3.05) is 68.3 Å². The van der Waals surface area contributed by atoms with Crippen molar-refractivity contribution in [3.8, 4) is 17.1 Å². The summed E-state index contributed by atoms with van der Waals surface area (Å²) in [5, 5.41) is 65.1. The van der Waals surface area contributed by atoms with Crippen LogP contribution in [0.15, 0.2) is 255 Å². The van der Waals surface area contributed by atoms with Crippen LogP contribution in [0.25, 0.3) is 26.8 Å². The zero-order chi connectivity index (χ0) is 85.5. The first kappa shape index (κ1) is 96.8. The molecule has 30 heteroatoms. The van der Waals surface area contributed by atoms with Gasteiger partial charge in [-0.1, -0.05) is 170 Å². The average molecular weight is 1710 g/mol. The maximum absolute atomic E-state index is 13.4. The maximum Gasteiger partial charge on any atom is 1.00 e. The number of carbonyl (C=O) groups is 3. The molecule has 6 heterocycles. The summed E-state index contributed by atoms with van der Waals surface area (Å²) in [6.07, 6.45) is 4.37. The summed E-state index contributed by atoms with van der Waals surface area (Å²) >= 11 is 0. The number of aliphatic hydroxyl groups excluding tert-OH is 4. The van der Waals surface area contributed by atoms with E-state index < -0.39 is 15.3 Å². The van der Waals surface area contributed by atoms with E-state index in [0.717, 1.165) is 116 Å². The van der Waals surface area contributed by atoms with Gasteiger partial charge in [-0.3, -0.25) is 24.2 Å². The van der Waals surface area contributed by atoms with Crippen LogP contribution < -0.4 is 68.0 Å². The molecular formula is C92H102BCl2N17NaO8S. The van der Waals surface area contributed by atoms with Crippen LogP contribution in [0.4, 0.5) is 28.4 Å². The molecule has 6 atom stereocenters. The first-order valence-electron chi connectivity index (χ1n) is 39.5. The molecule has 0 saturated carbocycles. The zero-order valence-corrected chi connectivity index (χ0v) is 73.0. The normalized spacial score (nSPS) is 15.2. The number of aryl methyl sites for hydroxylation is 3. The van der Waals surface area contributed by atoms with Crippen LogP contribution >= 0.6 is 21.4 Å². The van der Waals surface area contributed by atoms with Gasteiger partial charge in [0, 0.05) is 86.1 Å². The van der Waals surface area contributed by atoms with Crippen molar-refractivity contribution in [1.29, 1.82) is 0 Å². The number of halogens is 2. The Hall–Kier alpha value is -10.6. The van der Waals surface area contributed by atoms with Crippen molar-refractivity contribution in [2.45, 2.75) is 102 Å². The van der Waals surface area contributed by atoms with Crippen LogP contribution in [0.3, 0.4) is 0 Å². The quantitative estimate of drug-likeness (QED) is 0.0130. The Labute approximate surface area is 749 Å². The van der Waals surface area contributed by atoms with E-state index in [9.17, 15) is 29.7 Å². The van der Waals surface area contributed by atoms with Crippen molar-refractivity contribution in [2.24, 2.45) is 17.2 Å². The van der Waals surface area contributed by atoms with Crippen molar-refractivity contribution >= 4 is 85.2 Å². The minimum absolute atomic E-state index is 0. The summed E-state index contributed by atoms with van der Waals surface area (Å²) in [5.74, 6) is -0.854. The van der Waals surface area contributed by atoms with Gasteiger partial charge in [0.05, 0.1) is 77.7 Å². The van der Waals surface area contributed by atoms with Gasteiger partial charge in [0.2, 0.25) is 9.23 Å². The number of aromatic nitrogens is 6. The van der Waals surface area contributed by atoms with E-state index in [-0.39, 0.29) is 87.5 Å². The Bertz CT molecular complexity index is 5440. The molecule has 6 unspecified atom stereocenters. The van der Waals surface area contributed by atoms with Crippen LogP contribution in [0.1, 0.15) is 146 Å². The molecule has 3 saturated heterocycles. The van der Waals surface area contributed by atoms with Gasteiger partial charge >= 0.3 is 29.6 Å². The molecule has 12 aromatic rings. The van der Waals surface area contributed by atoms with Gasteiger partial charge in [0.25, 0.3) is 17.7 Å². The number of likely N-dealkylation sites (tertiary alicyclic amines) is 2. The van der Waals surface area contributed by atoms with Gasteiger partial charge < -0.3 is 60.3 Å². The summed E-state index contributed by atoms with van der Waals surface area (Å²) in [6.45, 7) is 26.7. The second-order valence-corrected chi connectivity index (χ2v) is 31.4. The summed E-state index contributed by atoms with van der Waals surface area (Å²) < 4.78 is 13.8. The molecule has 3 radical (unpaired) electrons. The van der Waals surface area contributed by atoms with Gasteiger partial charge in [-0.15, -0.1) is 0 Å². The number of benzene rings is 9. The van der Waals surface area contributed by atoms with Gasteiger partial charge in [-0.05, 0) is 202 Å².